The molecule has 120 valence electrons. The van der Waals surface area contributed by atoms with Crippen molar-refractivity contribution >= 4 is 17.5 Å². The van der Waals surface area contributed by atoms with Crippen LogP contribution in [-0.2, 0) is 0 Å². The van der Waals surface area contributed by atoms with Crippen molar-refractivity contribution in [3.8, 4) is 0 Å². The average Bonchev–Trinajstić information content (AvgIpc) is 2.52. The molecule has 4 heteroatoms. The lowest BCUT2D eigenvalue weighted by molar-refractivity contribution is 0.0949. The van der Waals surface area contributed by atoms with Crippen LogP contribution in [0.2, 0.25) is 0 Å². The van der Waals surface area contributed by atoms with Crippen LogP contribution in [0.15, 0.2) is 48.5 Å². The van der Waals surface area contributed by atoms with Crippen LogP contribution in [0.5, 0.6) is 0 Å². The van der Waals surface area contributed by atoms with E-state index in [9.17, 15) is 9.59 Å². The Labute approximate surface area is 136 Å². The van der Waals surface area contributed by atoms with Gasteiger partial charge in [0.25, 0.3) is 11.8 Å². The van der Waals surface area contributed by atoms with Gasteiger partial charge in [0.2, 0.25) is 0 Å². The number of rotatable bonds is 5. The maximum Gasteiger partial charge on any atom is 0.255 e. The number of hydrogen-bond acceptors (Lipinski definition) is 2. The standard InChI is InChI=1S/C19H22N2O2/c1-13(2)12-20-18(22)15-7-5-8-16(11-15)19(23)21-17-9-4-6-14(3)10-17/h4-11,13H,12H2,1-3H3,(H,20,22)(H,21,23). The van der Waals surface area contributed by atoms with Gasteiger partial charge >= 0.3 is 0 Å². The second kappa shape index (κ2) is 7.58. The number of amides is 2. The highest BCUT2D eigenvalue weighted by Crippen LogP contribution is 2.12. The fourth-order valence-electron chi connectivity index (χ4n) is 2.13. The van der Waals surface area contributed by atoms with E-state index in [-0.39, 0.29) is 11.8 Å². The SMILES string of the molecule is Cc1cccc(NC(=O)c2cccc(C(=O)NCC(C)C)c2)c1. The largest absolute Gasteiger partial charge is 0.352 e. The third kappa shape index (κ3) is 4.95. The minimum absolute atomic E-state index is 0.163. The molecule has 0 aliphatic heterocycles. The topological polar surface area (TPSA) is 58.2 Å². The lowest BCUT2D eigenvalue weighted by Gasteiger charge is -2.09. The zero-order valence-electron chi connectivity index (χ0n) is 13.7. The van der Waals surface area contributed by atoms with Gasteiger partial charge in [-0.3, -0.25) is 9.59 Å². The summed E-state index contributed by atoms with van der Waals surface area (Å²) in [7, 11) is 0. The van der Waals surface area contributed by atoms with Crippen LogP contribution < -0.4 is 10.6 Å². The molecule has 0 aromatic heterocycles. The summed E-state index contributed by atoms with van der Waals surface area (Å²) in [6.45, 7) is 6.64. The quantitative estimate of drug-likeness (QED) is 0.886. The van der Waals surface area contributed by atoms with E-state index in [2.05, 4.69) is 10.6 Å². The van der Waals surface area contributed by atoms with Gasteiger partial charge in [-0.15, -0.1) is 0 Å². The molecule has 0 atom stereocenters. The number of nitrogens with one attached hydrogen (secondary N) is 2. The molecule has 0 bridgehead atoms. The van der Waals surface area contributed by atoms with Gasteiger partial charge in [-0.2, -0.15) is 0 Å². The predicted molar refractivity (Wildman–Crippen MR) is 92.7 cm³/mol. The Balaban J connectivity index is 2.09. The molecule has 0 saturated carbocycles. The van der Waals surface area contributed by atoms with Crippen LogP contribution in [0.25, 0.3) is 0 Å². The van der Waals surface area contributed by atoms with Crippen molar-refractivity contribution in [1.29, 1.82) is 0 Å². The molecule has 2 N–H and O–H groups in total. The minimum Gasteiger partial charge on any atom is -0.352 e. The molecular weight excluding hydrogens is 288 g/mol. The van der Waals surface area contributed by atoms with Gasteiger partial charge in [-0.05, 0) is 48.7 Å². The molecule has 0 aliphatic carbocycles. The maximum absolute atomic E-state index is 12.3. The summed E-state index contributed by atoms with van der Waals surface area (Å²) in [5.74, 6) is -0.00948. The van der Waals surface area contributed by atoms with Gasteiger partial charge in [0.1, 0.15) is 0 Å². The predicted octanol–water partition coefficient (Wildman–Crippen LogP) is 3.63. The molecule has 0 fully saturated rings. The van der Waals surface area contributed by atoms with E-state index in [1.54, 1.807) is 24.3 Å². The van der Waals surface area contributed by atoms with Crippen molar-refractivity contribution < 1.29 is 9.59 Å². The first kappa shape index (κ1) is 16.7. The van der Waals surface area contributed by atoms with Crippen LogP contribution >= 0.6 is 0 Å². The van der Waals surface area contributed by atoms with E-state index in [1.165, 1.54) is 0 Å². The van der Waals surface area contributed by atoms with Gasteiger partial charge in [-0.1, -0.05) is 32.0 Å². The smallest absolute Gasteiger partial charge is 0.255 e. The van der Waals surface area contributed by atoms with Gasteiger partial charge in [-0.25, -0.2) is 0 Å². The van der Waals surface area contributed by atoms with Crippen LogP contribution in [-0.4, -0.2) is 18.4 Å². The normalized spacial score (nSPS) is 10.4. The van der Waals surface area contributed by atoms with Crippen LogP contribution in [0, 0.1) is 12.8 Å². The van der Waals surface area contributed by atoms with Crippen molar-refractivity contribution in [1.82, 2.24) is 5.32 Å². The molecule has 2 aromatic carbocycles. The summed E-state index contributed by atoms with van der Waals surface area (Å²) >= 11 is 0. The van der Waals surface area contributed by atoms with E-state index in [4.69, 9.17) is 0 Å². The highest BCUT2D eigenvalue weighted by Gasteiger charge is 2.11. The molecule has 0 saturated heterocycles. The molecule has 0 spiro atoms. The first-order valence-corrected chi connectivity index (χ1v) is 7.72. The number of carbonyl (C=O) groups excluding carboxylic acids is 2. The lowest BCUT2D eigenvalue weighted by Crippen LogP contribution is -2.27. The number of aryl methyl sites for hydroxylation is 1. The van der Waals surface area contributed by atoms with E-state index < -0.39 is 0 Å². The maximum atomic E-state index is 12.3. The molecule has 2 amide bonds. The van der Waals surface area contributed by atoms with Crippen LogP contribution in [0.3, 0.4) is 0 Å². The summed E-state index contributed by atoms with van der Waals surface area (Å²) in [6.07, 6.45) is 0. The zero-order chi connectivity index (χ0) is 16.8. The fraction of sp³-hybridized carbons (Fsp3) is 0.263. The van der Waals surface area contributed by atoms with E-state index in [1.807, 2.05) is 45.0 Å². The van der Waals surface area contributed by atoms with Crippen LogP contribution in [0.4, 0.5) is 5.69 Å². The first-order chi connectivity index (χ1) is 11.0. The zero-order valence-corrected chi connectivity index (χ0v) is 13.7. The van der Waals surface area contributed by atoms with Gasteiger partial charge in [0.05, 0.1) is 0 Å². The Bertz CT molecular complexity index is 708. The van der Waals surface area contributed by atoms with Crippen molar-refractivity contribution in [2.45, 2.75) is 20.8 Å². The van der Waals surface area contributed by atoms with Crippen molar-refractivity contribution in [3.05, 3.63) is 65.2 Å². The monoisotopic (exact) mass is 310 g/mol. The lowest BCUT2D eigenvalue weighted by atomic mass is 10.1. The molecule has 23 heavy (non-hydrogen) atoms. The van der Waals surface area contributed by atoms with Gasteiger partial charge < -0.3 is 10.6 Å². The summed E-state index contributed by atoms with van der Waals surface area (Å²) in [6, 6.07) is 14.3. The minimum atomic E-state index is -0.228. The molecule has 2 aromatic rings. The summed E-state index contributed by atoms with van der Waals surface area (Å²) in [5.41, 5.74) is 2.76. The first-order valence-electron chi connectivity index (χ1n) is 7.72. The Morgan fingerprint density at radius 1 is 0.957 bits per heavy atom. The van der Waals surface area contributed by atoms with Crippen molar-refractivity contribution in [2.24, 2.45) is 5.92 Å². The highest BCUT2D eigenvalue weighted by molar-refractivity contribution is 6.06. The molecular formula is C19H22N2O2. The summed E-state index contributed by atoms with van der Waals surface area (Å²) in [5, 5.41) is 5.70. The van der Waals surface area contributed by atoms with Gasteiger partial charge in [0.15, 0.2) is 0 Å². The molecule has 0 unspecified atom stereocenters. The summed E-state index contributed by atoms with van der Waals surface area (Å²) in [4.78, 5) is 24.4. The average molecular weight is 310 g/mol. The summed E-state index contributed by atoms with van der Waals surface area (Å²) < 4.78 is 0. The number of hydrogen-bond donors (Lipinski definition) is 2. The van der Waals surface area contributed by atoms with Gasteiger partial charge in [0, 0.05) is 23.4 Å². The Morgan fingerprint density at radius 3 is 2.26 bits per heavy atom. The Morgan fingerprint density at radius 2 is 1.61 bits per heavy atom. The second-order valence-corrected chi connectivity index (χ2v) is 6.01. The van der Waals surface area contributed by atoms with E-state index in [0.717, 1.165) is 11.3 Å². The third-order valence-corrected chi connectivity index (χ3v) is 3.33. The Hall–Kier alpha value is -2.62. The number of anilines is 1. The van der Waals surface area contributed by atoms with E-state index >= 15 is 0 Å². The van der Waals surface area contributed by atoms with Crippen molar-refractivity contribution in [2.75, 3.05) is 11.9 Å². The molecule has 0 aliphatic rings. The molecule has 0 heterocycles. The third-order valence-electron chi connectivity index (χ3n) is 3.33. The van der Waals surface area contributed by atoms with E-state index in [0.29, 0.717) is 23.6 Å². The Kier molecular flexibility index (Phi) is 5.52. The second-order valence-electron chi connectivity index (χ2n) is 6.01. The van der Waals surface area contributed by atoms with Crippen molar-refractivity contribution in [3.63, 3.8) is 0 Å². The number of benzene rings is 2. The molecule has 4 nitrogen and oxygen atoms in total. The molecule has 0 radical (unpaired) electrons. The fourth-order valence-corrected chi connectivity index (χ4v) is 2.13. The van der Waals surface area contributed by atoms with Crippen LogP contribution in [0.1, 0.15) is 40.1 Å². The highest BCUT2D eigenvalue weighted by atomic mass is 16.2. The molecule has 2 rings (SSSR count). The number of carbonyl (C=O) groups is 2.